The number of amides is 1. The van der Waals surface area contributed by atoms with Gasteiger partial charge in [0.2, 0.25) is 5.16 Å². The summed E-state index contributed by atoms with van der Waals surface area (Å²) in [6, 6.07) is 11.1. The Labute approximate surface area is 217 Å². The van der Waals surface area contributed by atoms with Crippen LogP contribution in [0.2, 0.25) is 15.1 Å². The highest BCUT2D eigenvalue weighted by atomic mass is 35.5. The number of rotatable bonds is 10. The second kappa shape index (κ2) is 12.4. The van der Waals surface area contributed by atoms with Crippen LogP contribution in [0, 0.1) is 0 Å². The molecule has 1 aromatic heterocycles. The molecule has 14 heteroatoms. The number of carboxylic acids is 1. The van der Waals surface area contributed by atoms with Crippen LogP contribution in [0.1, 0.15) is 12.0 Å². The molecule has 0 saturated carbocycles. The summed E-state index contributed by atoms with van der Waals surface area (Å²) in [5, 5.41) is 23.8. The maximum atomic E-state index is 12.7. The first-order valence-electron chi connectivity index (χ1n) is 9.54. The molecule has 0 fully saturated rings. The van der Waals surface area contributed by atoms with Crippen LogP contribution in [0.25, 0.3) is 0 Å². The van der Waals surface area contributed by atoms with Gasteiger partial charge in [0.1, 0.15) is 12.6 Å². The van der Waals surface area contributed by atoms with Gasteiger partial charge >= 0.3 is 5.97 Å². The number of Topliss-reactive ketones (excluding diaryl/α,β-unsaturated/α-hetero) is 1. The fourth-order valence-electron chi connectivity index (χ4n) is 2.61. The Balaban J connectivity index is 1.62. The molecule has 0 aliphatic carbocycles. The van der Waals surface area contributed by atoms with Crippen molar-refractivity contribution in [3.05, 3.63) is 63.1 Å². The SMILES string of the molecule is O=C(O)CC(NC(=O)SCc1ccccc1)C(=O)Cn1nnc(Sc2c(Cl)ccc(Cl)c2Cl)n1. The molecule has 0 spiro atoms. The molecule has 178 valence electrons. The minimum Gasteiger partial charge on any atom is -0.481 e. The normalized spacial score (nSPS) is 11.7. The highest BCUT2D eigenvalue weighted by Crippen LogP contribution is 2.40. The Morgan fingerprint density at radius 3 is 2.47 bits per heavy atom. The van der Waals surface area contributed by atoms with Gasteiger partial charge < -0.3 is 10.4 Å². The van der Waals surface area contributed by atoms with Crippen molar-refractivity contribution in [2.75, 3.05) is 0 Å². The summed E-state index contributed by atoms with van der Waals surface area (Å²) in [4.78, 5) is 37.6. The Hall–Kier alpha value is -2.31. The van der Waals surface area contributed by atoms with Gasteiger partial charge in [-0.25, -0.2) is 0 Å². The Kier molecular flexibility index (Phi) is 9.60. The molecule has 0 bridgehead atoms. The molecule has 3 aromatic rings. The van der Waals surface area contributed by atoms with Crippen molar-refractivity contribution >= 4 is 75.3 Å². The van der Waals surface area contributed by atoms with Crippen LogP contribution >= 0.6 is 58.3 Å². The predicted molar refractivity (Wildman–Crippen MR) is 131 cm³/mol. The molecule has 9 nitrogen and oxygen atoms in total. The van der Waals surface area contributed by atoms with Crippen LogP contribution in [0.5, 0.6) is 0 Å². The number of tetrazole rings is 1. The molecule has 0 aliphatic heterocycles. The van der Waals surface area contributed by atoms with Gasteiger partial charge in [0.15, 0.2) is 5.78 Å². The van der Waals surface area contributed by atoms with Gasteiger partial charge in [0.05, 0.1) is 26.4 Å². The lowest BCUT2D eigenvalue weighted by atomic mass is 10.1. The highest BCUT2D eigenvalue weighted by molar-refractivity contribution is 8.12. The van der Waals surface area contributed by atoms with E-state index in [-0.39, 0.29) is 10.2 Å². The zero-order valence-corrected chi connectivity index (χ0v) is 21.1. The third-order valence-corrected chi connectivity index (χ3v) is 7.37. The van der Waals surface area contributed by atoms with Crippen molar-refractivity contribution in [1.82, 2.24) is 25.5 Å². The van der Waals surface area contributed by atoms with Gasteiger partial charge in [0.25, 0.3) is 5.24 Å². The average Bonchev–Trinajstić information content (AvgIpc) is 3.24. The number of hydrogen-bond donors (Lipinski definition) is 2. The van der Waals surface area contributed by atoms with Crippen molar-refractivity contribution < 1.29 is 19.5 Å². The lowest BCUT2D eigenvalue weighted by molar-refractivity contribution is -0.139. The number of halogens is 3. The topological polar surface area (TPSA) is 127 Å². The summed E-state index contributed by atoms with van der Waals surface area (Å²) in [6.07, 6.45) is -0.583. The lowest BCUT2D eigenvalue weighted by Crippen LogP contribution is -2.42. The number of nitrogens with zero attached hydrogens (tertiary/aromatic N) is 4. The van der Waals surface area contributed by atoms with Crippen LogP contribution < -0.4 is 5.32 Å². The number of benzene rings is 2. The molecule has 1 atom stereocenters. The van der Waals surface area contributed by atoms with E-state index in [1.165, 1.54) is 0 Å². The molecular weight excluding hydrogens is 545 g/mol. The van der Waals surface area contributed by atoms with Crippen molar-refractivity contribution in [3.63, 3.8) is 0 Å². The van der Waals surface area contributed by atoms with Gasteiger partial charge in [-0.15, -0.1) is 10.2 Å². The molecule has 1 amide bonds. The molecule has 1 unspecified atom stereocenters. The first-order valence-corrected chi connectivity index (χ1v) is 12.5. The maximum absolute atomic E-state index is 12.7. The molecule has 2 N–H and O–H groups in total. The molecule has 34 heavy (non-hydrogen) atoms. The van der Waals surface area contributed by atoms with E-state index in [2.05, 4.69) is 20.7 Å². The second-order valence-electron chi connectivity index (χ2n) is 6.70. The van der Waals surface area contributed by atoms with Crippen molar-refractivity contribution in [2.45, 2.75) is 34.8 Å². The molecular formula is C20H16Cl3N5O4S2. The summed E-state index contributed by atoms with van der Waals surface area (Å²) >= 11 is 20.3. The van der Waals surface area contributed by atoms with Crippen molar-refractivity contribution in [3.8, 4) is 0 Å². The van der Waals surface area contributed by atoms with E-state index in [1.54, 1.807) is 12.1 Å². The zero-order valence-electron chi connectivity index (χ0n) is 17.2. The molecule has 0 aliphatic rings. The Bertz CT molecular complexity index is 1200. The molecule has 3 rings (SSSR count). The van der Waals surface area contributed by atoms with Gasteiger partial charge in [-0.1, -0.05) is 76.9 Å². The number of hydrogen-bond acceptors (Lipinski definition) is 8. The number of thioether (sulfide) groups is 1. The zero-order chi connectivity index (χ0) is 24.7. The van der Waals surface area contributed by atoms with Gasteiger partial charge in [-0.3, -0.25) is 14.4 Å². The molecule has 2 aromatic carbocycles. The molecule has 0 saturated heterocycles. The Morgan fingerprint density at radius 2 is 1.76 bits per heavy atom. The van der Waals surface area contributed by atoms with E-state index in [0.717, 1.165) is 33.9 Å². The van der Waals surface area contributed by atoms with Gasteiger partial charge in [0, 0.05) is 5.75 Å². The van der Waals surface area contributed by atoms with E-state index >= 15 is 0 Å². The number of aromatic nitrogens is 4. The number of aliphatic carboxylic acids is 1. The van der Waals surface area contributed by atoms with Crippen LogP contribution in [0.4, 0.5) is 4.79 Å². The fraction of sp³-hybridized carbons (Fsp3) is 0.200. The third kappa shape index (κ3) is 7.60. The summed E-state index contributed by atoms with van der Waals surface area (Å²) in [7, 11) is 0. The smallest absolute Gasteiger partial charge is 0.305 e. The third-order valence-electron chi connectivity index (χ3n) is 4.20. The van der Waals surface area contributed by atoms with Gasteiger partial charge in [-0.05, 0) is 34.7 Å². The number of nitrogens with one attached hydrogen (secondary N) is 1. The van der Waals surface area contributed by atoms with Crippen LogP contribution in [-0.4, -0.2) is 48.3 Å². The summed E-state index contributed by atoms with van der Waals surface area (Å²) < 4.78 is 0. The number of carboxylic acid groups (broad SMARTS) is 1. The predicted octanol–water partition coefficient (Wildman–Crippen LogP) is 4.84. The molecule has 0 radical (unpaired) electrons. The summed E-state index contributed by atoms with van der Waals surface area (Å²) in [5.74, 6) is -1.45. The van der Waals surface area contributed by atoms with E-state index in [1.807, 2.05) is 30.3 Å². The number of carbonyl (C=O) groups is 3. The Morgan fingerprint density at radius 1 is 1.06 bits per heavy atom. The average molecular weight is 561 g/mol. The van der Waals surface area contributed by atoms with E-state index < -0.39 is 36.0 Å². The van der Waals surface area contributed by atoms with E-state index in [4.69, 9.17) is 39.9 Å². The second-order valence-corrected chi connectivity index (χ2v) is 9.82. The van der Waals surface area contributed by atoms with E-state index in [9.17, 15) is 14.4 Å². The van der Waals surface area contributed by atoms with Crippen molar-refractivity contribution in [1.29, 1.82) is 0 Å². The van der Waals surface area contributed by atoms with Crippen LogP contribution in [0.15, 0.2) is 52.5 Å². The maximum Gasteiger partial charge on any atom is 0.305 e. The largest absolute Gasteiger partial charge is 0.481 e. The monoisotopic (exact) mass is 559 g/mol. The number of ketones is 1. The summed E-state index contributed by atoms with van der Waals surface area (Å²) in [5.41, 5.74) is 0.917. The molecule has 1 heterocycles. The minimum atomic E-state index is -1.26. The number of carbonyl (C=O) groups excluding carboxylic acids is 2. The lowest BCUT2D eigenvalue weighted by Gasteiger charge is -2.15. The van der Waals surface area contributed by atoms with Gasteiger partial charge in [-0.2, -0.15) is 4.80 Å². The summed E-state index contributed by atoms with van der Waals surface area (Å²) in [6.45, 7) is -0.397. The van der Waals surface area contributed by atoms with E-state index in [0.29, 0.717) is 20.7 Å². The quantitative estimate of drug-likeness (QED) is 0.335. The minimum absolute atomic E-state index is 0.149. The van der Waals surface area contributed by atoms with Crippen LogP contribution in [-0.2, 0) is 21.9 Å². The first kappa shape index (κ1) is 26.3. The fourth-order valence-corrected chi connectivity index (χ4v) is 4.90. The van der Waals surface area contributed by atoms with Crippen molar-refractivity contribution in [2.24, 2.45) is 0 Å². The standard InChI is InChI=1S/C20H16Cl3N5O4S2/c21-12-6-7-13(22)18(17(12)23)34-19-25-27-28(26-19)9-15(29)14(8-16(30)31)24-20(32)33-10-11-4-2-1-3-5-11/h1-7,14H,8-10H2,(H,24,32)(H,30,31). The highest BCUT2D eigenvalue weighted by Gasteiger charge is 2.25. The van der Waals surface area contributed by atoms with Crippen LogP contribution in [0.3, 0.4) is 0 Å². The first-order chi connectivity index (χ1) is 16.2.